The Morgan fingerprint density at radius 1 is 1.64 bits per heavy atom. The van der Waals surface area contributed by atoms with E-state index < -0.39 is 6.10 Å². The van der Waals surface area contributed by atoms with E-state index in [4.69, 9.17) is 5.73 Å². The van der Waals surface area contributed by atoms with E-state index in [-0.39, 0.29) is 5.92 Å². The van der Waals surface area contributed by atoms with E-state index in [1.807, 2.05) is 12.3 Å². The number of nitrogens with two attached hydrogens (primary N) is 1. The smallest absolute Gasteiger partial charge is 0.101 e. The maximum Gasteiger partial charge on any atom is 0.101 e. The Labute approximate surface area is 89.0 Å². The third kappa shape index (κ3) is 2.77. The maximum atomic E-state index is 9.99. The lowest BCUT2D eigenvalue weighted by atomic mass is 9.95. The lowest BCUT2D eigenvalue weighted by Crippen LogP contribution is -2.22. The van der Waals surface area contributed by atoms with Gasteiger partial charge in [-0.25, -0.2) is 4.98 Å². The van der Waals surface area contributed by atoms with Gasteiger partial charge in [-0.15, -0.1) is 11.3 Å². The summed E-state index contributed by atoms with van der Waals surface area (Å²) >= 11 is 1.57. The van der Waals surface area contributed by atoms with Crippen molar-refractivity contribution in [3.63, 3.8) is 0 Å². The van der Waals surface area contributed by atoms with Gasteiger partial charge >= 0.3 is 0 Å². The second-order valence-corrected chi connectivity index (χ2v) is 4.58. The second-order valence-electron chi connectivity index (χ2n) is 3.52. The number of aliphatic hydroxyl groups is 1. The molecule has 14 heavy (non-hydrogen) atoms. The summed E-state index contributed by atoms with van der Waals surface area (Å²) in [7, 11) is 0. The highest BCUT2D eigenvalue weighted by atomic mass is 32.1. The SMILES string of the molecule is CCCC(CN)C(O)c1csc(C)n1. The Morgan fingerprint density at radius 2 is 2.36 bits per heavy atom. The van der Waals surface area contributed by atoms with Crippen LogP contribution in [0.2, 0.25) is 0 Å². The molecule has 0 aliphatic rings. The van der Waals surface area contributed by atoms with Crippen molar-refractivity contribution in [1.29, 1.82) is 0 Å². The molecular formula is C10H18N2OS. The lowest BCUT2D eigenvalue weighted by Gasteiger charge is -2.18. The number of aromatic nitrogens is 1. The van der Waals surface area contributed by atoms with Crippen molar-refractivity contribution in [3.05, 3.63) is 16.1 Å². The molecule has 0 radical (unpaired) electrons. The van der Waals surface area contributed by atoms with Crippen LogP contribution in [0.4, 0.5) is 0 Å². The molecule has 3 nitrogen and oxygen atoms in total. The molecule has 0 aliphatic carbocycles. The van der Waals surface area contributed by atoms with Crippen LogP contribution in [0.1, 0.15) is 36.6 Å². The molecule has 0 saturated heterocycles. The monoisotopic (exact) mass is 214 g/mol. The Bertz CT molecular complexity index is 275. The predicted molar refractivity (Wildman–Crippen MR) is 59.3 cm³/mol. The topological polar surface area (TPSA) is 59.1 Å². The first-order chi connectivity index (χ1) is 6.69. The average Bonchev–Trinajstić information content (AvgIpc) is 2.60. The fraction of sp³-hybridized carbons (Fsp3) is 0.700. The first kappa shape index (κ1) is 11.6. The molecule has 0 fully saturated rings. The minimum Gasteiger partial charge on any atom is -0.386 e. The van der Waals surface area contributed by atoms with Gasteiger partial charge in [0.25, 0.3) is 0 Å². The highest BCUT2D eigenvalue weighted by molar-refractivity contribution is 7.09. The Kier molecular flexibility index (Phi) is 4.51. The first-order valence-electron chi connectivity index (χ1n) is 4.99. The second kappa shape index (κ2) is 5.44. The van der Waals surface area contributed by atoms with Crippen LogP contribution in [0.3, 0.4) is 0 Å². The van der Waals surface area contributed by atoms with Crippen molar-refractivity contribution < 1.29 is 5.11 Å². The van der Waals surface area contributed by atoms with Crippen LogP contribution in [0.25, 0.3) is 0 Å². The zero-order valence-corrected chi connectivity index (χ0v) is 9.55. The summed E-state index contributed by atoms with van der Waals surface area (Å²) in [6, 6.07) is 0. The van der Waals surface area contributed by atoms with Crippen LogP contribution in [0, 0.1) is 12.8 Å². The zero-order chi connectivity index (χ0) is 10.6. The van der Waals surface area contributed by atoms with Gasteiger partial charge in [0, 0.05) is 11.3 Å². The normalized spacial score (nSPS) is 15.4. The summed E-state index contributed by atoms with van der Waals surface area (Å²) in [6.07, 6.45) is 1.50. The molecule has 0 amide bonds. The standard InChI is InChI=1S/C10H18N2OS/c1-3-4-8(5-11)10(13)9-6-14-7(2)12-9/h6,8,10,13H,3-5,11H2,1-2H3. The molecule has 1 heterocycles. The Balaban J connectivity index is 2.66. The molecule has 1 aromatic heterocycles. The number of aryl methyl sites for hydroxylation is 1. The summed E-state index contributed by atoms with van der Waals surface area (Å²) in [4.78, 5) is 4.27. The van der Waals surface area contributed by atoms with Gasteiger partial charge in [-0.2, -0.15) is 0 Å². The van der Waals surface area contributed by atoms with Gasteiger partial charge in [-0.1, -0.05) is 13.3 Å². The van der Waals surface area contributed by atoms with E-state index in [2.05, 4.69) is 11.9 Å². The largest absolute Gasteiger partial charge is 0.386 e. The predicted octanol–water partition coefficient (Wildman–Crippen LogP) is 1.86. The van der Waals surface area contributed by atoms with Crippen molar-refractivity contribution in [3.8, 4) is 0 Å². The van der Waals surface area contributed by atoms with Crippen LogP contribution in [-0.4, -0.2) is 16.6 Å². The molecule has 0 aliphatic heterocycles. The minimum atomic E-state index is -0.495. The number of rotatable bonds is 5. The van der Waals surface area contributed by atoms with E-state index in [0.29, 0.717) is 6.54 Å². The van der Waals surface area contributed by atoms with Crippen molar-refractivity contribution in [1.82, 2.24) is 4.98 Å². The molecule has 0 saturated carbocycles. The number of hydrogen-bond donors (Lipinski definition) is 2. The molecule has 2 unspecified atom stereocenters. The molecule has 4 heteroatoms. The lowest BCUT2D eigenvalue weighted by molar-refractivity contribution is 0.103. The van der Waals surface area contributed by atoms with Gasteiger partial charge in [0.2, 0.25) is 0 Å². The maximum absolute atomic E-state index is 9.99. The van der Waals surface area contributed by atoms with E-state index >= 15 is 0 Å². The highest BCUT2D eigenvalue weighted by Crippen LogP contribution is 2.25. The van der Waals surface area contributed by atoms with Crippen LogP contribution in [0.5, 0.6) is 0 Å². The molecular weight excluding hydrogens is 196 g/mol. The van der Waals surface area contributed by atoms with Gasteiger partial charge in [0.05, 0.1) is 10.7 Å². The minimum absolute atomic E-state index is 0.140. The van der Waals surface area contributed by atoms with Crippen LogP contribution < -0.4 is 5.73 Å². The molecule has 1 aromatic rings. The zero-order valence-electron chi connectivity index (χ0n) is 8.73. The van der Waals surface area contributed by atoms with Gasteiger partial charge in [0.15, 0.2) is 0 Å². The summed E-state index contributed by atoms with van der Waals surface area (Å²) in [5.74, 6) is 0.140. The fourth-order valence-corrected chi connectivity index (χ4v) is 2.17. The molecule has 0 spiro atoms. The Hall–Kier alpha value is -0.450. The molecule has 80 valence electrons. The van der Waals surface area contributed by atoms with E-state index in [9.17, 15) is 5.11 Å². The van der Waals surface area contributed by atoms with Crippen LogP contribution >= 0.6 is 11.3 Å². The van der Waals surface area contributed by atoms with Crippen molar-refractivity contribution in [2.24, 2.45) is 11.7 Å². The summed E-state index contributed by atoms with van der Waals surface area (Å²) < 4.78 is 0. The molecule has 2 atom stereocenters. The quantitative estimate of drug-likeness (QED) is 0.786. The Morgan fingerprint density at radius 3 is 2.79 bits per heavy atom. The van der Waals surface area contributed by atoms with Gasteiger partial charge in [-0.05, 0) is 19.9 Å². The molecule has 0 aromatic carbocycles. The molecule has 3 N–H and O–H groups in total. The van der Waals surface area contributed by atoms with Crippen LogP contribution in [-0.2, 0) is 0 Å². The number of thiazole rings is 1. The van der Waals surface area contributed by atoms with Crippen molar-refractivity contribution in [2.75, 3.05) is 6.54 Å². The number of aliphatic hydroxyl groups excluding tert-OH is 1. The number of hydrogen-bond acceptors (Lipinski definition) is 4. The third-order valence-corrected chi connectivity index (χ3v) is 3.14. The highest BCUT2D eigenvalue weighted by Gasteiger charge is 2.20. The molecule has 1 rings (SSSR count). The van der Waals surface area contributed by atoms with Crippen molar-refractivity contribution in [2.45, 2.75) is 32.8 Å². The summed E-state index contributed by atoms with van der Waals surface area (Å²) in [6.45, 7) is 4.56. The van der Waals surface area contributed by atoms with Crippen molar-refractivity contribution >= 4 is 11.3 Å². The van der Waals surface area contributed by atoms with E-state index in [1.54, 1.807) is 11.3 Å². The number of nitrogens with zero attached hydrogens (tertiary/aromatic N) is 1. The van der Waals surface area contributed by atoms with Crippen LogP contribution in [0.15, 0.2) is 5.38 Å². The van der Waals surface area contributed by atoms with E-state index in [0.717, 1.165) is 23.5 Å². The first-order valence-corrected chi connectivity index (χ1v) is 5.87. The average molecular weight is 214 g/mol. The summed E-state index contributed by atoms with van der Waals surface area (Å²) in [5, 5.41) is 12.9. The molecule has 0 bridgehead atoms. The fourth-order valence-electron chi connectivity index (χ4n) is 1.53. The summed E-state index contributed by atoms with van der Waals surface area (Å²) in [5.41, 5.74) is 6.39. The van der Waals surface area contributed by atoms with Gasteiger partial charge in [-0.3, -0.25) is 0 Å². The van der Waals surface area contributed by atoms with E-state index in [1.165, 1.54) is 0 Å². The van der Waals surface area contributed by atoms with Gasteiger partial charge < -0.3 is 10.8 Å². The van der Waals surface area contributed by atoms with Gasteiger partial charge in [0.1, 0.15) is 6.10 Å². The third-order valence-electron chi connectivity index (χ3n) is 2.35.